The Morgan fingerprint density at radius 1 is 1.38 bits per heavy atom. The maximum Gasteiger partial charge on any atom is 0.226 e. The predicted molar refractivity (Wildman–Crippen MR) is 92.9 cm³/mol. The molecular weight excluding hydrogens is 326 g/mol. The fourth-order valence-electron chi connectivity index (χ4n) is 2.47. The van der Waals surface area contributed by atoms with Gasteiger partial charge in [-0.2, -0.15) is 0 Å². The number of carbonyl (C=O) groups excluding carboxylic acids is 2. The van der Waals surface area contributed by atoms with Crippen LogP contribution in [0.5, 0.6) is 0 Å². The van der Waals surface area contributed by atoms with Gasteiger partial charge in [-0.05, 0) is 39.2 Å². The van der Waals surface area contributed by atoms with Gasteiger partial charge in [0.05, 0.1) is 5.69 Å². The Morgan fingerprint density at radius 3 is 2.83 bits per heavy atom. The first-order valence-corrected chi connectivity index (χ1v) is 9.01. The van der Waals surface area contributed by atoms with Gasteiger partial charge in [-0.1, -0.05) is 0 Å². The molecule has 0 spiro atoms. The summed E-state index contributed by atoms with van der Waals surface area (Å²) in [5, 5.41) is 8.15. The Bertz CT molecular complexity index is 746. The maximum absolute atomic E-state index is 11.9. The van der Waals surface area contributed by atoms with E-state index < -0.39 is 0 Å². The molecule has 2 N–H and O–H groups in total. The third kappa shape index (κ3) is 4.23. The number of thiazole rings is 1. The molecule has 6 nitrogen and oxygen atoms in total. The molecule has 24 heavy (non-hydrogen) atoms. The summed E-state index contributed by atoms with van der Waals surface area (Å²) in [6, 6.07) is 1.94. The van der Waals surface area contributed by atoms with Crippen LogP contribution in [-0.4, -0.2) is 23.3 Å². The molecule has 7 heteroatoms. The molecule has 1 saturated carbocycles. The Kier molecular flexibility index (Phi) is 4.99. The molecule has 2 amide bonds. The van der Waals surface area contributed by atoms with Gasteiger partial charge in [0, 0.05) is 29.8 Å². The Balaban J connectivity index is 1.44. The summed E-state index contributed by atoms with van der Waals surface area (Å²) in [6.07, 6.45) is 2.98. The Labute approximate surface area is 144 Å². The van der Waals surface area contributed by atoms with Crippen LogP contribution in [0, 0.1) is 19.8 Å². The van der Waals surface area contributed by atoms with Crippen LogP contribution in [0.2, 0.25) is 0 Å². The molecule has 0 radical (unpaired) electrons. The molecule has 2 aromatic rings. The van der Waals surface area contributed by atoms with Crippen molar-refractivity contribution in [3.8, 4) is 11.3 Å². The van der Waals surface area contributed by atoms with Crippen molar-refractivity contribution in [3.05, 3.63) is 23.0 Å². The SMILES string of the molecule is Cc1cc(-c2csc(NC(=O)CCCNC(=O)C3CC3)n2)c(C)o1. The van der Waals surface area contributed by atoms with Gasteiger partial charge < -0.3 is 15.1 Å². The summed E-state index contributed by atoms with van der Waals surface area (Å²) >= 11 is 1.39. The second-order valence-electron chi connectivity index (χ2n) is 6.08. The van der Waals surface area contributed by atoms with Crippen molar-refractivity contribution in [1.82, 2.24) is 10.3 Å². The lowest BCUT2D eigenvalue weighted by Gasteiger charge is -2.04. The van der Waals surface area contributed by atoms with Crippen molar-refractivity contribution in [2.75, 3.05) is 11.9 Å². The van der Waals surface area contributed by atoms with Crippen LogP contribution >= 0.6 is 11.3 Å². The van der Waals surface area contributed by atoms with E-state index in [2.05, 4.69) is 15.6 Å². The lowest BCUT2D eigenvalue weighted by atomic mass is 10.2. The van der Waals surface area contributed by atoms with Crippen molar-refractivity contribution in [1.29, 1.82) is 0 Å². The molecular formula is C17H21N3O3S. The zero-order valence-electron chi connectivity index (χ0n) is 13.8. The standard InChI is InChI=1S/C17H21N3O3S/c1-10-8-13(11(2)23-10)14-9-24-17(19-14)20-15(21)4-3-7-18-16(22)12-5-6-12/h8-9,12H,3-7H2,1-2H3,(H,18,22)(H,19,20,21). The third-order valence-electron chi connectivity index (χ3n) is 3.90. The van der Waals surface area contributed by atoms with Crippen LogP contribution in [0.3, 0.4) is 0 Å². The van der Waals surface area contributed by atoms with E-state index in [-0.39, 0.29) is 17.7 Å². The highest BCUT2D eigenvalue weighted by Gasteiger charge is 2.28. The summed E-state index contributed by atoms with van der Waals surface area (Å²) < 4.78 is 5.51. The van der Waals surface area contributed by atoms with E-state index in [1.807, 2.05) is 25.3 Å². The molecule has 0 saturated heterocycles. The van der Waals surface area contributed by atoms with Gasteiger partial charge in [-0.25, -0.2) is 4.98 Å². The molecule has 0 aromatic carbocycles. The monoisotopic (exact) mass is 347 g/mol. The number of anilines is 1. The number of nitrogens with zero attached hydrogens (tertiary/aromatic N) is 1. The van der Waals surface area contributed by atoms with Crippen molar-refractivity contribution in [2.24, 2.45) is 5.92 Å². The van der Waals surface area contributed by atoms with Gasteiger partial charge in [0.15, 0.2) is 5.13 Å². The van der Waals surface area contributed by atoms with Gasteiger partial charge in [-0.3, -0.25) is 9.59 Å². The van der Waals surface area contributed by atoms with Crippen LogP contribution in [0.25, 0.3) is 11.3 Å². The van der Waals surface area contributed by atoms with Crippen LogP contribution in [-0.2, 0) is 9.59 Å². The zero-order valence-corrected chi connectivity index (χ0v) is 14.7. The summed E-state index contributed by atoms with van der Waals surface area (Å²) in [7, 11) is 0. The summed E-state index contributed by atoms with van der Waals surface area (Å²) in [5.74, 6) is 1.90. The molecule has 0 bridgehead atoms. The summed E-state index contributed by atoms with van der Waals surface area (Å²) in [4.78, 5) is 27.9. The van der Waals surface area contributed by atoms with Crippen LogP contribution in [0.15, 0.2) is 15.9 Å². The van der Waals surface area contributed by atoms with Gasteiger partial charge >= 0.3 is 0 Å². The Hall–Kier alpha value is -2.15. The van der Waals surface area contributed by atoms with Crippen LogP contribution in [0.1, 0.15) is 37.2 Å². The fraction of sp³-hybridized carbons (Fsp3) is 0.471. The highest BCUT2D eigenvalue weighted by atomic mass is 32.1. The topological polar surface area (TPSA) is 84.2 Å². The van der Waals surface area contributed by atoms with Crippen LogP contribution in [0.4, 0.5) is 5.13 Å². The number of furan rings is 1. The molecule has 2 aromatic heterocycles. The van der Waals surface area contributed by atoms with E-state index in [9.17, 15) is 9.59 Å². The largest absolute Gasteiger partial charge is 0.466 e. The lowest BCUT2D eigenvalue weighted by Crippen LogP contribution is -2.26. The third-order valence-corrected chi connectivity index (χ3v) is 4.65. The molecule has 3 rings (SSSR count). The van der Waals surface area contributed by atoms with E-state index in [4.69, 9.17) is 4.42 Å². The fourth-order valence-corrected chi connectivity index (χ4v) is 3.20. The van der Waals surface area contributed by atoms with E-state index in [1.54, 1.807) is 0 Å². The van der Waals surface area contributed by atoms with Crippen molar-refractivity contribution < 1.29 is 14.0 Å². The number of hydrogen-bond donors (Lipinski definition) is 2. The second kappa shape index (κ2) is 7.17. The highest BCUT2D eigenvalue weighted by molar-refractivity contribution is 7.14. The maximum atomic E-state index is 11.9. The number of hydrogen-bond acceptors (Lipinski definition) is 5. The molecule has 0 atom stereocenters. The van der Waals surface area contributed by atoms with Crippen molar-refractivity contribution in [2.45, 2.75) is 39.5 Å². The second-order valence-corrected chi connectivity index (χ2v) is 6.94. The highest BCUT2D eigenvalue weighted by Crippen LogP contribution is 2.30. The van der Waals surface area contributed by atoms with Crippen LogP contribution < -0.4 is 10.6 Å². The summed E-state index contributed by atoms with van der Waals surface area (Å²) in [5.41, 5.74) is 1.76. The lowest BCUT2D eigenvalue weighted by molar-refractivity contribution is -0.122. The molecule has 0 aliphatic heterocycles. The Morgan fingerprint density at radius 2 is 2.17 bits per heavy atom. The quantitative estimate of drug-likeness (QED) is 0.753. The minimum absolute atomic E-state index is 0.0864. The first-order chi connectivity index (χ1) is 11.5. The van der Waals surface area contributed by atoms with E-state index >= 15 is 0 Å². The summed E-state index contributed by atoms with van der Waals surface area (Å²) in [6.45, 7) is 4.34. The predicted octanol–water partition coefficient (Wildman–Crippen LogP) is 3.26. The van der Waals surface area contributed by atoms with Crippen molar-refractivity contribution in [3.63, 3.8) is 0 Å². The first-order valence-electron chi connectivity index (χ1n) is 8.13. The number of nitrogens with one attached hydrogen (secondary N) is 2. The van der Waals surface area contributed by atoms with Gasteiger partial charge in [-0.15, -0.1) is 11.3 Å². The molecule has 0 unspecified atom stereocenters. The van der Waals surface area contributed by atoms with E-state index in [0.29, 0.717) is 24.5 Å². The smallest absolute Gasteiger partial charge is 0.226 e. The number of carbonyl (C=O) groups is 2. The molecule has 1 aliphatic carbocycles. The normalized spacial score (nSPS) is 13.8. The van der Waals surface area contributed by atoms with Gasteiger partial charge in [0.25, 0.3) is 0 Å². The molecule has 128 valence electrons. The van der Waals surface area contributed by atoms with Gasteiger partial charge in [0.1, 0.15) is 11.5 Å². The zero-order chi connectivity index (χ0) is 17.1. The van der Waals surface area contributed by atoms with E-state index in [1.165, 1.54) is 11.3 Å². The average molecular weight is 347 g/mol. The number of amides is 2. The number of aromatic nitrogens is 1. The number of aryl methyl sites for hydroxylation is 2. The average Bonchev–Trinajstić information content (AvgIpc) is 3.20. The van der Waals surface area contributed by atoms with E-state index in [0.717, 1.165) is 35.6 Å². The minimum Gasteiger partial charge on any atom is -0.466 e. The van der Waals surface area contributed by atoms with Gasteiger partial charge in [0.2, 0.25) is 11.8 Å². The number of rotatable bonds is 7. The van der Waals surface area contributed by atoms with Crippen molar-refractivity contribution >= 4 is 28.3 Å². The molecule has 1 fully saturated rings. The molecule has 1 aliphatic rings. The minimum atomic E-state index is -0.0864. The molecule has 2 heterocycles. The first kappa shape index (κ1) is 16.7.